The van der Waals surface area contributed by atoms with Crippen LogP contribution in [-0.4, -0.2) is 10.8 Å². The van der Waals surface area contributed by atoms with E-state index in [0.717, 1.165) is 4.88 Å². The topological polar surface area (TPSA) is 30.0 Å². The van der Waals surface area contributed by atoms with Crippen LogP contribution in [0.3, 0.4) is 0 Å². The quantitative estimate of drug-likeness (QED) is 0.787. The second-order valence-electron chi connectivity index (χ2n) is 3.20. The lowest BCUT2D eigenvalue weighted by Gasteiger charge is -2.00. The Hall–Kier alpha value is -1.26. The lowest BCUT2D eigenvalue weighted by molar-refractivity contribution is 0.0993. The summed E-state index contributed by atoms with van der Waals surface area (Å²) in [6.07, 6.45) is 1.92. The van der Waals surface area contributed by atoms with Crippen LogP contribution in [0.5, 0.6) is 0 Å². The maximum Gasteiger partial charge on any atom is 0.168 e. The first-order valence-electron chi connectivity index (χ1n) is 4.52. The highest BCUT2D eigenvalue weighted by Gasteiger charge is 2.10. The van der Waals surface area contributed by atoms with Crippen LogP contribution in [0, 0.1) is 5.82 Å². The molecule has 5 heteroatoms. The number of carbonyl (C=O) groups is 1. The molecule has 0 bridgehead atoms. The molecule has 0 aliphatic carbocycles. The van der Waals surface area contributed by atoms with Crippen molar-refractivity contribution in [3.8, 4) is 0 Å². The van der Waals surface area contributed by atoms with Crippen LogP contribution >= 0.6 is 22.9 Å². The van der Waals surface area contributed by atoms with Crippen LogP contribution in [-0.2, 0) is 6.42 Å². The van der Waals surface area contributed by atoms with E-state index in [2.05, 4.69) is 4.98 Å². The Kier molecular flexibility index (Phi) is 3.31. The van der Waals surface area contributed by atoms with Gasteiger partial charge in [-0.15, -0.1) is 11.3 Å². The van der Waals surface area contributed by atoms with Gasteiger partial charge < -0.3 is 0 Å². The first-order chi connectivity index (χ1) is 7.66. The average Bonchev–Trinajstić information content (AvgIpc) is 2.74. The third-order valence-electron chi connectivity index (χ3n) is 2.06. The lowest BCUT2D eigenvalue weighted by Crippen LogP contribution is -2.02. The normalized spacial score (nSPS) is 10.4. The zero-order chi connectivity index (χ0) is 11.5. The van der Waals surface area contributed by atoms with Gasteiger partial charge in [0.1, 0.15) is 5.82 Å². The molecule has 2 rings (SSSR count). The Bertz CT molecular complexity index is 513. The summed E-state index contributed by atoms with van der Waals surface area (Å²) in [5, 5.41) is -0.0323. The van der Waals surface area contributed by atoms with Gasteiger partial charge in [-0.25, -0.2) is 4.39 Å². The Labute approximate surface area is 101 Å². The molecule has 0 saturated heterocycles. The van der Waals surface area contributed by atoms with Crippen LogP contribution in [0.4, 0.5) is 4.39 Å². The van der Waals surface area contributed by atoms with E-state index in [9.17, 15) is 9.18 Å². The van der Waals surface area contributed by atoms with Crippen molar-refractivity contribution >= 4 is 28.7 Å². The van der Waals surface area contributed by atoms with Gasteiger partial charge in [0.15, 0.2) is 5.78 Å². The number of halogens is 2. The number of nitrogens with zero attached hydrogens (tertiary/aromatic N) is 1. The largest absolute Gasteiger partial charge is 0.294 e. The molecule has 0 unspecified atom stereocenters. The molecule has 2 nitrogen and oxygen atoms in total. The molecule has 1 aromatic carbocycles. The Morgan fingerprint density at radius 1 is 1.50 bits per heavy atom. The van der Waals surface area contributed by atoms with Crippen molar-refractivity contribution in [2.45, 2.75) is 6.42 Å². The molecule has 2 aromatic rings. The van der Waals surface area contributed by atoms with Gasteiger partial charge in [-0.1, -0.05) is 11.6 Å². The molecule has 0 fully saturated rings. The van der Waals surface area contributed by atoms with E-state index in [1.165, 1.54) is 29.5 Å². The predicted molar refractivity (Wildman–Crippen MR) is 61.6 cm³/mol. The minimum Gasteiger partial charge on any atom is -0.294 e. The summed E-state index contributed by atoms with van der Waals surface area (Å²) < 4.78 is 12.9. The van der Waals surface area contributed by atoms with E-state index in [-0.39, 0.29) is 17.2 Å². The van der Waals surface area contributed by atoms with E-state index >= 15 is 0 Å². The van der Waals surface area contributed by atoms with Crippen molar-refractivity contribution < 1.29 is 9.18 Å². The van der Waals surface area contributed by atoms with Crippen LogP contribution in [0.25, 0.3) is 0 Å². The van der Waals surface area contributed by atoms with Crippen LogP contribution in [0.15, 0.2) is 29.9 Å². The molecule has 0 amide bonds. The standard InChI is InChI=1S/C11H7ClFNOS/c12-9-3-7(1-2-10(9)13)11(15)4-8-5-14-6-16-8/h1-3,5-6H,4H2. The maximum absolute atomic E-state index is 12.9. The van der Waals surface area contributed by atoms with Gasteiger partial charge in [-0.2, -0.15) is 0 Å². The zero-order valence-electron chi connectivity index (χ0n) is 8.11. The number of rotatable bonds is 3. The SMILES string of the molecule is O=C(Cc1cncs1)c1ccc(F)c(Cl)c1. The summed E-state index contributed by atoms with van der Waals surface area (Å²) in [4.78, 5) is 16.5. The first-order valence-corrected chi connectivity index (χ1v) is 5.78. The maximum atomic E-state index is 12.9. The fraction of sp³-hybridized carbons (Fsp3) is 0.0909. The molecule has 0 spiro atoms. The molecule has 0 saturated carbocycles. The first kappa shape index (κ1) is 11.2. The van der Waals surface area contributed by atoms with Gasteiger partial charge in [0.2, 0.25) is 0 Å². The summed E-state index contributed by atoms with van der Waals surface area (Å²) in [6.45, 7) is 0. The van der Waals surface area contributed by atoms with Gasteiger partial charge >= 0.3 is 0 Å². The molecule has 16 heavy (non-hydrogen) atoms. The van der Waals surface area contributed by atoms with Gasteiger partial charge in [-0.3, -0.25) is 9.78 Å². The monoisotopic (exact) mass is 255 g/mol. The highest BCUT2D eigenvalue weighted by molar-refractivity contribution is 7.09. The molecule has 1 heterocycles. The number of aromatic nitrogens is 1. The average molecular weight is 256 g/mol. The number of hydrogen-bond donors (Lipinski definition) is 0. The number of thiazole rings is 1. The zero-order valence-corrected chi connectivity index (χ0v) is 9.69. The van der Waals surface area contributed by atoms with Gasteiger partial charge in [0.25, 0.3) is 0 Å². The lowest BCUT2D eigenvalue weighted by atomic mass is 10.1. The van der Waals surface area contributed by atoms with E-state index in [1.54, 1.807) is 11.7 Å². The number of ketones is 1. The number of benzene rings is 1. The van der Waals surface area contributed by atoms with Gasteiger partial charge in [0, 0.05) is 23.1 Å². The fourth-order valence-electron chi connectivity index (χ4n) is 1.26. The molecule has 0 aliphatic heterocycles. The minimum absolute atomic E-state index is 0.0323. The van der Waals surface area contributed by atoms with Crippen LogP contribution in [0.2, 0.25) is 5.02 Å². The summed E-state index contributed by atoms with van der Waals surface area (Å²) in [5.41, 5.74) is 2.08. The van der Waals surface area contributed by atoms with Gasteiger partial charge in [0.05, 0.1) is 10.5 Å². The fourth-order valence-corrected chi connectivity index (χ4v) is 2.03. The van der Waals surface area contributed by atoms with Crippen molar-refractivity contribution in [2.24, 2.45) is 0 Å². The predicted octanol–water partition coefficient (Wildman–Crippen LogP) is 3.36. The molecular weight excluding hydrogens is 249 g/mol. The number of hydrogen-bond acceptors (Lipinski definition) is 3. The van der Waals surface area contributed by atoms with Crippen molar-refractivity contribution in [1.29, 1.82) is 0 Å². The van der Waals surface area contributed by atoms with E-state index in [1.807, 2.05) is 0 Å². The summed E-state index contributed by atoms with van der Waals surface area (Å²) >= 11 is 7.02. The van der Waals surface area contributed by atoms with Crippen molar-refractivity contribution in [3.05, 3.63) is 51.2 Å². The third-order valence-corrected chi connectivity index (χ3v) is 3.13. The summed E-state index contributed by atoms with van der Waals surface area (Å²) in [6, 6.07) is 3.98. The molecule has 1 aromatic heterocycles. The highest BCUT2D eigenvalue weighted by atomic mass is 35.5. The molecular formula is C11H7ClFNOS. The van der Waals surface area contributed by atoms with Crippen molar-refractivity contribution in [2.75, 3.05) is 0 Å². The molecule has 0 atom stereocenters. The Morgan fingerprint density at radius 2 is 2.31 bits per heavy atom. The number of carbonyl (C=O) groups excluding carboxylic acids is 1. The Morgan fingerprint density at radius 3 is 2.94 bits per heavy atom. The highest BCUT2D eigenvalue weighted by Crippen LogP contribution is 2.18. The molecule has 0 aliphatic rings. The van der Waals surface area contributed by atoms with Crippen LogP contribution in [0.1, 0.15) is 15.2 Å². The van der Waals surface area contributed by atoms with E-state index in [0.29, 0.717) is 5.56 Å². The molecule has 0 radical (unpaired) electrons. The Balaban J connectivity index is 2.18. The third kappa shape index (κ3) is 2.46. The molecule has 82 valence electrons. The second kappa shape index (κ2) is 4.72. The van der Waals surface area contributed by atoms with E-state index in [4.69, 9.17) is 11.6 Å². The second-order valence-corrected chi connectivity index (χ2v) is 4.57. The summed E-state index contributed by atoms with van der Waals surface area (Å²) in [7, 11) is 0. The summed E-state index contributed by atoms with van der Waals surface area (Å²) in [5.74, 6) is -0.609. The van der Waals surface area contributed by atoms with Crippen LogP contribution < -0.4 is 0 Å². The molecule has 0 N–H and O–H groups in total. The minimum atomic E-state index is -0.518. The van der Waals surface area contributed by atoms with Crippen molar-refractivity contribution in [3.63, 3.8) is 0 Å². The van der Waals surface area contributed by atoms with E-state index < -0.39 is 5.82 Å². The van der Waals surface area contributed by atoms with Gasteiger partial charge in [-0.05, 0) is 18.2 Å². The smallest absolute Gasteiger partial charge is 0.168 e. The number of Topliss-reactive ketones (excluding diaryl/α,β-unsaturated/α-hetero) is 1. The van der Waals surface area contributed by atoms with Crippen molar-refractivity contribution in [1.82, 2.24) is 4.98 Å².